The number of hydrogen-bond acceptors (Lipinski definition) is 1. The van der Waals surface area contributed by atoms with E-state index in [0.29, 0.717) is 35.3 Å². The van der Waals surface area contributed by atoms with Crippen LogP contribution in [0.3, 0.4) is 0 Å². The van der Waals surface area contributed by atoms with Crippen LogP contribution < -0.4 is 0 Å². The number of benzene rings is 1. The lowest BCUT2D eigenvalue weighted by Crippen LogP contribution is -2.25. The minimum absolute atomic E-state index is 0.149. The molecule has 1 nitrogen and oxygen atoms in total. The van der Waals surface area contributed by atoms with Crippen molar-refractivity contribution in [3.63, 3.8) is 0 Å². The highest BCUT2D eigenvalue weighted by Crippen LogP contribution is 2.42. The van der Waals surface area contributed by atoms with Gasteiger partial charge in [0.1, 0.15) is 0 Å². The Morgan fingerprint density at radius 3 is 2.31 bits per heavy atom. The van der Waals surface area contributed by atoms with Crippen molar-refractivity contribution in [3.05, 3.63) is 59.2 Å². The van der Waals surface area contributed by atoms with Gasteiger partial charge in [0.2, 0.25) is 0 Å². The molecule has 0 heterocycles. The molecule has 2 atom stereocenters. The van der Waals surface area contributed by atoms with Crippen molar-refractivity contribution in [2.45, 2.75) is 116 Å². The van der Waals surface area contributed by atoms with Crippen LogP contribution in [0, 0.1) is 35.3 Å². The van der Waals surface area contributed by atoms with Crippen molar-refractivity contribution in [1.82, 2.24) is 0 Å². The summed E-state index contributed by atoms with van der Waals surface area (Å²) in [5.41, 5.74) is 1.13. The SMILES string of the molecule is CCCC1CCC(C=CCCc2ccc(C3CCC(C4C=CC(OCC)CC4)CC3)c(F)c2F)CC1. The van der Waals surface area contributed by atoms with E-state index >= 15 is 4.39 Å². The first-order chi connectivity index (χ1) is 17.6. The topological polar surface area (TPSA) is 9.23 Å². The predicted molar refractivity (Wildman–Crippen MR) is 146 cm³/mol. The van der Waals surface area contributed by atoms with Crippen LogP contribution in [0.1, 0.15) is 114 Å². The molecule has 0 N–H and O–H groups in total. The maximum absolute atomic E-state index is 15.1. The van der Waals surface area contributed by atoms with Crippen molar-refractivity contribution < 1.29 is 13.5 Å². The molecule has 200 valence electrons. The number of rotatable bonds is 10. The largest absolute Gasteiger partial charge is 0.374 e. The number of allylic oxidation sites excluding steroid dienone is 3. The summed E-state index contributed by atoms with van der Waals surface area (Å²) in [4.78, 5) is 0. The van der Waals surface area contributed by atoms with Gasteiger partial charge >= 0.3 is 0 Å². The van der Waals surface area contributed by atoms with Crippen LogP contribution in [-0.4, -0.2) is 12.7 Å². The summed E-state index contributed by atoms with van der Waals surface area (Å²) in [5, 5.41) is 0. The Morgan fingerprint density at radius 2 is 1.64 bits per heavy atom. The Kier molecular flexibility index (Phi) is 10.6. The lowest BCUT2D eigenvalue weighted by Gasteiger charge is -2.35. The molecule has 0 spiro atoms. The van der Waals surface area contributed by atoms with E-state index in [-0.39, 0.29) is 12.0 Å². The average Bonchev–Trinajstić information content (AvgIpc) is 2.91. The van der Waals surface area contributed by atoms with E-state index < -0.39 is 11.6 Å². The van der Waals surface area contributed by atoms with Crippen molar-refractivity contribution in [3.8, 4) is 0 Å². The third-order valence-corrected chi connectivity index (χ3v) is 9.32. The molecule has 0 aromatic heterocycles. The standard InChI is InChI=1S/C33H48F2O/c1-3-7-24-10-12-25(13-11-24)8-5-6-9-29-20-23-31(33(35)32(29)34)28-16-14-26(15-17-28)27-18-21-30(22-19-27)36-4-2/h5,8,18,20-21,23-28,30H,3-4,6-7,9-17,19,22H2,1-2H3. The third kappa shape index (κ3) is 7.30. The van der Waals surface area contributed by atoms with Gasteiger partial charge in [-0.1, -0.05) is 56.2 Å². The fourth-order valence-corrected chi connectivity index (χ4v) is 7.14. The zero-order valence-electron chi connectivity index (χ0n) is 22.7. The number of ether oxygens (including phenoxy) is 1. The van der Waals surface area contributed by atoms with Gasteiger partial charge in [0, 0.05) is 6.61 Å². The second-order valence-electron chi connectivity index (χ2n) is 11.7. The molecule has 2 fully saturated rings. The Bertz CT molecular complexity index is 859. The summed E-state index contributed by atoms with van der Waals surface area (Å²) in [6.45, 7) is 5.09. The molecule has 36 heavy (non-hydrogen) atoms. The van der Waals surface area contributed by atoms with Crippen molar-refractivity contribution >= 4 is 0 Å². The van der Waals surface area contributed by atoms with Gasteiger partial charge in [-0.15, -0.1) is 0 Å². The molecule has 1 aromatic carbocycles. The highest BCUT2D eigenvalue weighted by atomic mass is 19.2. The smallest absolute Gasteiger partial charge is 0.162 e. The van der Waals surface area contributed by atoms with Crippen LogP contribution in [-0.2, 0) is 11.2 Å². The molecule has 2 saturated carbocycles. The predicted octanol–water partition coefficient (Wildman–Crippen LogP) is 9.71. The van der Waals surface area contributed by atoms with E-state index in [4.69, 9.17) is 4.74 Å². The second-order valence-corrected chi connectivity index (χ2v) is 11.7. The Balaban J connectivity index is 1.24. The van der Waals surface area contributed by atoms with Crippen LogP contribution in [0.4, 0.5) is 8.78 Å². The molecule has 0 radical (unpaired) electrons. The molecule has 0 aliphatic heterocycles. The number of aryl methyl sites for hydroxylation is 1. The summed E-state index contributed by atoms with van der Waals surface area (Å²) < 4.78 is 35.8. The van der Waals surface area contributed by atoms with Gasteiger partial charge < -0.3 is 4.74 Å². The summed E-state index contributed by atoms with van der Waals surface area (Å²) in [5.74, 6) is 1.82. The summed E-state index contributed by atoms with van der Waals surface area (Å²) in [6, 6.07) is 3.73. The average molecular weight is 499 g/mol. The van der Waals surface area contributed by atoms with Crippen LogP contribution in [0.15, 0.2) is 36.4 Å². The normalized spacial score (nSPS) is 31.2. The van der Waals surface area contributed by atoms with E-state index in [1.807, 2.05) is 19.1 Å². The first-order valence-electron chi connectivity index (χ1n) is 15.0. The van der Waals surface area contributed by atoms with E-state index in [0.717, 1.165) is 51.0 Å². The van der Waals surface area contributed by atoms with Gasteiger partial charge in [-0.2, -0.15) is 0 Å². The van der Waals surface area contributed by atoms with E-state index in [9.17, 15) is 4.39 Å². The highest BCUT2D eigenvalue weighted by Gasteiger charge is 2.31. The third-order valence-electron chi connectivity index (χ3n) is 9.32. The number of hydrogen-bond donors (Lipinski definition) is 0. The van der Waals surface area contributed by atoms with Gasteiger partial charge in [-0.25, -0.2) is 8.78 Å². The van der Waals surface area contributed by atoms with Crippen LogP contribution in [0.5, 0.6) is 0 Å². The molecule has 0 amide bonds. The first kappa shape index (κ1) is 27.6. The van der Waals surface area contributed by atoms with Crippen molar-refractivity contribution in [1.29, 1.82) is 0 Å². The molecular formula is C33H48F2O. The Morgan fingerprint density at radius 1 is 0.861 bits per heavy atom. The lowest BCUT2D eigenvalue weighted by atomic mass is 9.71. The van der Waals surface area contributed by atoms with Crippen molar-refractivity contribution in [2.24, 2.45) is 23.7 Å². The lowest BCUT2D eigenvalue weighted by molar-refractivity contribution is 0.0762. The van der Waals surface area contributed by atoms with Crippen molar-refractivity contribution in [2.75, 3.05) is 6.61 Å². The highest BCUT2D eigenvalue weighted by molar-refractivity contribution is 5.30. The first-order valence-corrected chi connectivity index (χ1v) is 15.0. The summed E-state index contributed by atoms with van der Waals surface area (Å²) in [6.07, 6.45) is 25.1. The zero-order valence-corrected chi connectivity index (χ0v) is 22.7. The molecule has 1 aromatic rings. The quantitative estimate of drug-likeness (QED) is 0.292. The van der Waals surface area contributed by atoms with E-state index in [2.05, 4.69) is 31.2 Å². The summed E-state index contributed by atoms with van der Waals surface area (Å²) >= 11 is 0. The van der Waals surface area contributed by atoms with Gasteiger partial charge in [-0.05, 0) is 125 Å². The maximum atomic E-state index is 15.1. The number of halogens is 2. The molecule has 0 bridgehead atoms. The van der Waals surface area contributed by atoms with E-state index in [1.54, 1.807) is 0 Å². The molecular weight excluding hydrogens is 450 g/mol. The molecule has 3 aliphatic carbocycles. The minimum atomic E-state index is -0.611. The van der Waals surface area contributed by atoms with E-state index in [1.165, 1.54) is 44.9 Å². The minimum Gasteiger partial charge on any atom is -0.374 e. The maximum Gasteiger partial charge on any atom is 0.162 e. The summed E-state index contributed by atoms with van der Waals surface area (Å²) in [7, 11) is 0. The van der Waals surface area contributed by atoms with Gasteiger partial charge in [0.25, 0.3) is 0 Å². The molecule has 2 unspecified atom stereocenters. The van der Waals surface area contributed by atoms with Gasteiger partial charge in [-0.3, -0.25) is 0 Å². The fraction of sp³-hybridized carbons (Fsp3) is 0.697. The zero-order chi connectivity index (χ0) is 25.3. The molecule has 4 rings (SSSR count). The fourth-order valence-electron chi connectivity index (χ4n) is 7.14. The second kappa shape index (κ2) is 13.9. The molecule has 3 heteroatoms. The van der Waals surface area contributed by atoms with Crippen LogP contribution in [0.25, 0.3) is 0 Å². The van der Waals surface area contributed by atoms with Gasteiger partial charge in [0.05, 0.1) is 6.10 Å². The Labute approximate surface area is 218 Å². The monoisotopic (exact) mass is 498 g/mol. The molecule has 0 saturated heterocycles. The molecule has 3 aliphatic rings. The van der Waals surface area contributed by atoms with Gasteiger partial charge in [0.15, 0.2) is 11.6 Å². The Hall–Kier alpha value is -1.48. The van der Waals surface area contributed by atoms with Crippen LogP contribution >= 0.6 is 0 Å². The van der Waals surface area contributed by atoms with Crippen LogP contribution in [0.2, 0.25) is 0 Å².